The lowest BCUT2D eigenvalue weighted by molar-refractivity contribution is 0.111. The van der Waals surface area contributed by atoms with Crippen molar-refractivity contribution in [2.75, 3.05) is 0 Å². The molecule has 0 unspecified atom stereocenters. The number of carbonyl (C=O) groups is 1. The third-order valence-corrected chi connectivity index (χ3v) is 2.12. The van der Waals surface area contributed by atoms with Crippen LogP contribution in [0.15, 0.2) is 30.5 Å². The first-order valence-electron chi connectivity index (χ1n) is 4.48. The van der Waals surface area contributed by atoms with Gasteiger partial charge < -0.3 is 0 Å². The molecular weight excluding hydrogens is 195 g/mol. The van der Waals surface area contributed by atoms with E-state index in [-0.39, 0.29) is 5.82 Å². The third kappa shape index (κ3) is 1.79. The number of aryl methyl sites for hydroxylation is 1. The quantitative estimate of drug-likeness (QED) is 0.702. The minimum absolute atomic E-state index is 0.326. The molecule has 1 aromatic carbocycles. The highest BCUT2D eigenvalue weighted by Gasteiger charge is 2.05. The molecular formula is C11H9FN2O. The monoisotopic (exact) mass is 204 g/mol. The fraction of sp³-hybridized carbons (Fsp3) is 0.0909. The van der Waals surface area contributed by atoms with Gasteiger partial charge in [-0.25, -0.2) is 9.07 Å². The first-order valence-corrected chi connectivity index (χ1v) is 4.48. The Bertz CT molecular complexity index is 505. The van der Waals surface area contributed by atoms with Crippen molar-refractivity contribution in [3.63, 3.8) is 0 Å². The van der Waals surface area contributed by atoms with Crippen molar-refractivity contribution in [1.82, 2.24) is 9.78 Å². The second kappa shape index (κ2) is 3.65. The lowest BCUT2D eigenvalue weighted by Crippen LogP contribution is -1.95. The predicted octanol–water partition coefficient (Wildman–Crippen LogP) is 2.13. The molecule has 0 bridgehead atoms. The van der Waals surface area contributed by atoms with Crippen molar-refractivity contribution in [3.05, 3.63) is 47.5 Å². The molecule has 76 valence electrons. The molecule has 0 aliphatic carbocycles. The summed E-state index contributed by atoms with van der Waals surface area (Å²) in [5.74, 6) is -0.326. The van der Waals surface area contributed by atoms with E-state index in [0.717, 1.165) is 5.56 Å². The Balaban J connectivity index is 2.49. The number of aromatic nitrogens is 2. The molecule has 3 nitrogen and oxygen atoms in total. The van der Waals surface area contributed by atoms with Crippen LogP contribution in [0.25, 0.3) is 5.69 Å². The van der Waals surface area contributed by atoms with Gasteiger partial charge in [0, 0.05) is 6.20 Å². The minimum Gasteiger partial charge on any atom is -0.296 e. The van der Waals surface area contributed by atoms with Crippen molar-refractivity contribution in [3.8, 4) is 5.69 Å². The lowest BCUT2D eigenvalue weighted by Gasteiger charge is -1.99. The van der Waals surface area contributed by atoms with E-state index in [0.29, 0.717) is 17.7 Å². The molecule has 0 aliphatic heterocycles. The fourth-order valence-corrected chi connectivity index (χ4v) is 1.34. The summed E-state index contributed by atoms with van der Waals surface area (Å²) < 4.78 is 14.4. The van der Waals surface area contributed by atoms with Gasteiger partial charge in [0.2, 0.25) is 0 Å². The summed E-state index contributed by atoms with van der Waals surface area (Å²) in [5.41, 5.74) is 1.75. The fourth-order valence-electron chi connectivity index (χ4n) is 1.34. The number of carbonyl (C=O) groups excluding carboxylic acids is 1. The summed E-state index contributed by atoms with van der Waals surface area (Å²) in [7, 11) is 0. The summed E-state index contributed by atoms with van der Waals surface area (Å²) in [5, 5.41) is 4.02. The SMILES string of the molecule is Cc1cn(-c2cccc(F)c2)nc1C=O. The van der Waals surface area contributed by atoms with Crippen LogP contribution in [0.5, 0.6) is 0 Å². The first-order chi connectivity index (χ1) is 7.20. The van der Waals surface area contributed by atoms with Gasteiger partial charge >= 0.3 is 0 Å². The summed E-state index contributed by atoms with van der Waals surface area (Å²) in [6, 6.07) is 6.05. The Kier molecular flexibility index (Phi) is 2.33. The Morgan fingerprint density at radius 3 is 2.87 bits per heavy atom. The van der Waals surface area contributed by atoms with Gasteiger partial charge in [-0.3, -0.25) is 4.79 Å². The Morgan fingerprint density at radius 1 is 1.47 bits per heavy atom. The van der Waals surface area contributed by atoms with Crippen molar-refractivity contribution in [2.24, 2.45) is 0 Å². The summed E-state index contributed by atoms with van der Waals surface area (Å²) >= 11 is 0. The second-order valence-corrected chi connectivity index (χ2v) is 3.24. The van der Waals surface area contributed by atoms with E-state index in [9.17, 15) is 9.18 Å². The third-order valence-electron chi connectivity index (χ3n) is 2.12. The standard InChI is InChI=1S/C11H9FN2O/c1-8-6-14(13-11(8)7-15)10-4-2-3-9(12)5-10/h2-7H,1H3. The number of hydrogen-bond acceptors (Lipinski definition) is 2. The van der Waals surface area contributed by atoms with E-state index in [1.807, 2.05) is 0 Å². The summed E-state index contributed by atoms with van der Waals surface area (Å²) in [6.07, 6.45) is 2.38. The molecule has 0 fully saturated rings. The van der Waals surface area contributed by atoms with Gasteiger partial charge in [0.25, 0.3) is 0 Å². The number of rotatable bonds is 2. The molecule has 0 saturated carbocycles. The van der Waals surface area contributed by atoms with Gasteiger partial charge in [-0.15, -0.1) is 0 Å². The van der Waals surface area contributed by atoms with Crippen molar-refractivity contribution in [2.45, 2.75) is 6.92 Å². The van der Waals surface area contributed by atoms with Gasteiger partial charge in [0.05, 0.1) is 5.69 Å². The predicted molar refractivity (Wildman–Crippen MR) is 53.6 cm³/mol. The van der Waals surface area contributed by atoms with Crippen LogP contribution in [0.2, 0.25) is 0 Å². The summed E-state index contributed by atoms with van der Waals surface area (Å²) in [6.45, 7) is 1.78. The molecule has 4 heteroatoms. The van der Waals surface area contributed by atoms with E-state index >= 15 is 0 Å². The zero-order valence-corrected chi connectivity index (χ0v) is 8.14. The maximum atomic E-state index is 12.9. The van der Waals surface area contributed by atoms with Crippen LogP contribution in [0, 0.1) is 12.7 Å². The van der Waals surface area contributed by atoms with Crippen LogP contribution in [0.3, 0.4) is 0 Å². The maximum absolute atomic E-state index is 12.9. The number of benzene rings is 1. The normalized spacial score (nSPS) is 10.3. The first kappa shape index (κ1) is 9.58. The summed E-state index contributed by atoms with van der Waals surface area (Å²) in [4.78, 5) is 10.6. The minimum atomic E-state index is -0.326. The lowest BCUT2D eigenvalue weighted by atomic mass is 10.3. The van der Waals surface area contributed by atoms with Crippen LogP contribution < -0.4 is 0 Å². The molecule has 15 heavy (non-hydrogen) atoms. The van der Waals surface area contributed by atoms with Gasteiger partial charge in [0.1, 0.15) is 11.5 Å². The molecule has 0 N–H and O–H groups in total. The van der Waals surface area contributed by atoms with Crippen LogP contribution in [-0.2, 0) is 0 Å². The Morgan fingerprint density at radius 2 is 2.27 bits per heavy atom. The number of nitrogens with zero attached hydrogens (tertiary/aromatic N) is 2. The number of hydrogen-bond donors (Lipinski definition) is 0. The van der Waals surface area contributed by atoms with Crippen LogP contribution in [-0.4, -0.2) is 16.1 Å². The molecule has 0 aliphatic rings. The van der Waals surface area contributed by atoms with E-state index < -0.39 is 0 Å². The largest absolute Gasteiger partial charge is 0.296 e. The molecule has 0 saturated heterocycles. The smallest absolute Gasteiger partial charge is 0.170 e. The van der Waals surface area contributed by atoms with E-state index in [4.69, 9.17) is 0 Å². The highest BCUT2D eigenvalue weighted by atomic mass is 19.1. The second-order valence-electron chi connectivity index (χ2n) is 3.24. The van der Waals surface area contributed by atoms with E-state index in [1.54, 1.807) is 25.3 Å². The van der Waals surface area contributed by atoms with Crippen LogP contribution >= 0.6 is 0 Å². The molecule has 0 radical (unpaired) electrons. The van der Waals surface area contributed by atoms with Gasteiger partial charge in [0.15, 0.2) is 6.29 Å². The zero-order chi connectivity index (χ0) is 10.8. The molecule has 2 rings (SSSR count). The molecule has 0 spiro atoms. The van der Waals surface area contributed by atoms with Crippen molar-refractivity contribution >= 4 is 6.29 Å². The Labute approximate surface area is 86.2 Å². The maximum Gasteiger partial charge on any atom is 0.170 e. The Hall–Kier alpha value is -1.97. The average molecular weight is 204 g/mol. The van der Waals surface area contributed by atoms with Crippen molar-refractivity contribution in [1.29, 1.82) is 0 Å². The number of aldehydes is 1. The van der Waals surface area contributed by atoms with Crippen molar-refractivity contribution < 1.29 is 9.18 Å². The highest BCUT2D eigenvalue weighted by molar-refractivity contribution is 5.73. The van der Waals surface area contributed by atoms with Gasteiger partial charge in [-0.1, -0.05) is 6.07 Å². The van der Waals surface area contributed by atoms with Crippen LogP contribution in [0.1, 0.15) is 16.1 Å². The molecule has 2 aromatic rings. The molecule has 0 atom stereocenters. The van der Waals surface area contributed by atoms with E-state index in [2.05, 4.69) is 5.10 Å². The molecule has 1 aromatic heterocycles. The van der Waals surface area contributed by atoms with Gasteiger partial charge in [-0.2, -0.15) is 5.10 Å². The van der Waals surface area contributed by atoms with Gasteiger partial charge in [-0.05, 0) is 30.7 Å². The highest BCUT2D eigenvalue weighted by Crippen LogP contribution is 2.11. The van der Waals surface area contributed by atoms with Crippen LogP contribution in [0.4, 0.5) is 4.39 Å². The van der Waals surface area contributed by atoms with E-state index in [1.165, 1.54) is 16.8 Å². The number of halogens is 1. The molecule has 1 heterocycles. The average Bonchev–Trinajstić information content (AvgIpc) is 2.60. The zero-order valence-electron chi connectivity index (χ0n) is 8.14. The molecule has 0 amide bonds. The topological polar surface area (TPSA) is 34.9 Å².